The molecule has 0 unspecified atom stereocenters. The van der Waals surface area contributed by atoms with Gasteiger partial charge in [0.05, 0.1) is 0 Å². The lowest BCUT2D eigenvalue weighted by Gasteiger charge is -1.99. The van der Waals surface area contributed by atoms with Gasteiger partial charge in [0, 0.05) is 11.7 Å². The molecule has 0 spiro atoms. The number of fused-ring (bicyclic) bond motifs is 1. The molecule has 11 heavy (non-hydrogen) atoms. The van der Waals surface area contributed by atoms with Gasteiger partial charge in [0.15, 0.2) is 0 Å². The number of hydrogen-bond acceptors (Lipinski definition) is 0. The SMILES string of the molecule is Cc1ccc2cc[nH]c2c1C. The average Bonchev–Trinajstić information content (AvgIpc) is 2.45. The molecule has 0 saturated carbocycles. The van der Waals surface area contributed by atoms with Crippen LogP contribution < -0.4 is 0 Å². The standard InChI is InChI=1S/C10H11N/c1-7-3-4-9-5-6-11-10(9)8(7)2/h3-6,11H,1-2H3. The van der Waals surface area contributed by atoms with E-state index < -0.39 is 0 Å². The fourth-order valence-electron chi connectivity index (χ4n) is 1.38. The first-order valence-electron chi connectivity index (χ1n) is 3.82. The maximum atomic E-state index is 3.23. The number of aromatic nitrogens is 1. The number of hydrogen-bond donors (Lipinski definition) is 1. The Morgan fingerprint density at radius 3 is 2.73 bits per heavy atom. The van der Waals surface area contributed by atoms with Gasteiger partial charge in [-0.1, -0.05) is 12.1 Å². The van der Waals surface area contributed by atoms with Crippen LogP contribution in [0.25, 0.3) is 10.9 Å². The van der Waals surface area contributed by atoms with Crippen molar-refractivity contribution in [3.05, 3.63) is 35.5 Å². The van der Waals surface area contributed by atoms with Crippen LogP contribution in [-0.4, -0.2) is 4.98 Å². The number of aromatic amines is 1. The minimum absolute atomic E-state index is 1.27. The summed E-state index contributed by atoms with van der Waals surface area (Å²) >= 11 is 0. The van der Waals surface area contributed by atoms with E-state index in [1.165, 1.54) is 22.0 Å². The van der Waals surface area contributed by atoms with E-state index in [0.717, 1.165) is 0 Å². The van der Waals surface area contributed by atoms with Gasteiger partial charge in [-0.15, -0.1) is 0 Å². The van der Waals surface area contributed by atoms with Gasteiger partial charge < -0.3 is 4.98 Å². The maximum Gasteiger partial charge on any atom is 0.0486 e. The Morgan fingerprint density at radius 2 is 1.91 bits per heavy atom. The second-order valence-corrected chi connectivity index (χ2v) is 2.95. The van der Waals surface area contributed by atoms with Crippen molar-refractivity contribution in [2.75, 3.05) is 0 Å². The highest BCUT2D eigenvalue weighted by Crippen LogP contribution is 2.18. The Balaban J connectivity index is 2.93. The molecule has 0 aliphatic heterocycles. The summed E-state index contributed by atoms with van der Waals surface area (Å²) in [4.78, 5) is 3.23. The lowest BCUT2D eigenvalue weighted by Crippen LogP contribution is -1.80. The van der Waals surface area contributed by atoms with Gasteiger partial charge in [-0.05, 0) is 36.4 Å². The quantitative estimate of drug-likeness (QED) is 0.586. The van der Waals surface area contributed by atoms with Crippen LogP contribution in [0.2, 0.25) is 0 Å². The molecule has 1 N–H and O–H groups in total. The summed E-state index contributed by atoms with van der Waals surface area (Å²) in [6.45, 7) is 4.28. The van der Waals surface area contributed by atoms with Crippen molar-refractivity contribution in [2.24, 2.45) is 0 Å². The van der Waals surface area contributed by atoms with Gasteiger partial charge in [-0.2, -0.15) is 0 Å². The van der Waals surface area contributed by atoms with Crippen LogP contribution in [0.1, 0.15) is 11.1 Å². The summed E-state index contributed by atoms with van der Waals surface area (Å²) < 4.78 is 0. The third-order valence-electron chi connectivity index (χ3n) is 2.26. The molecule has 0 bridgehead atoms. The molecular formula is C10H11N. The molecule has 0 saturated heterocycles. The van der Waals surface area contributed by atoms with E-state index in [1.54, 1.807) is 0 Å². The topological polar surface area (TPSA) is 15.8 Å². The highest BCUT2D eigenvalue weighted by atomic mass is 14.7. The molecule has 0 aliphatic carbocycles. The Labute approximate surface area is 66.1 Å². The van der Waals surface area contributed by atoms with Crippen molar-refractivity contribution in [3.63, 3.8) is 0 Å². The van der Waals surface area contributed by atoms with Gasteiger partial charge in [-0.25, -0.2) is 0 Å². The fraction of sp³-hybridized carbons (Fsp3) is 0.200. The third-order valence-corrected chi connectivity index (χ3v) is 2.26. The van der Waals surface area contributed by atoms with Crippen LogP contribution in [0.3, 0.4) is 0 Å². The van der Waals surface area contributed by atoms with E-state index in [1.807, 2.05) is 6.20 Å². The van der Waals surface area contributed by atoms with E-state index in [9.17, 15) is 0 Å². The zero-order valence-electron chi connectivity index (χ0n) is 6.81. The number of H-pyrrole nitrogens is 1. The van der Waals surface area contributed by atoms with Crippen LogP contribution in [0, 0.1) is 13.8 Å². The molecule has 1 nitrogen and oxygen atoms in total. The fourth-order valence-corrected chi connectivity index (χ4v) is 1.38. The summed E-state index contributed by atoms with van der Waals surface area (Å²) in [7, 11) is 0. The molecule has 0 atom stereocenters. The molecule has 0 amide bonds. The number of benzene rings is 1. The van der Waals surface area contributed by atoms with Gasteiger partial charge >= 0.3 is 0 Å². The molecule has 0 radical (unpaired) electrons. The minimum atomic E-state index is 1.27. The molecular weight excluding hydrogens is 134 g/mol. The molecule has 1 heteroatoms. The maximum absolute atomic E-state index is 3.23. The summed E-state index contributed by atoms with van der Waals surface area (Å²) in [5.74, 6) is 0. The zero-order valence-corrected chi connectivity index (χ0v) is 6.81. The van der Waals surface area contributed by atoms with Gasteiger partial charge in [0.2, 0.25) is 0 Å². The summed E-state index contributed by atoms with van der Waals surface area (Å²) in [6.07, 6.45) is 1.98. The van der Waals surface area contributed by atoms with Crippen molar-refractivity contribution < 1.29 is 0 Å². The zero-order chi connectivity index (χ0) is 7.84. The molecule has 2 rings (SSSR count). The smallest absolute Gasteiger partial charge is 0.0486 e. The van der Waals surface area contributed by atoms with E-state index in [2.05, 4.69) is 37.0 Å². The average molecular weight is 145 g/mol. The van der Waals surface area contributed by atoms with Gasteiger partial charge in [0.1, 0.15) is 0 Å². The van der Waals surface area contributed by atoms with E-state index in [0.29, 0.717) is 0 Å². The van der Waals surface area contributed by atoms with Gasteiger partial charge in [-0.3, -0.25) is 0 Å². The monoisotopic (exact) mass is 145 g/mol. The minimum Gasteiger partial charge on any atom is -0.361 e. The molecule has 1 aromatic heterocycles. The normalized spacial score (nSPS) is 10.7. The van der Waals surface area contributed by atoms with Crippen LogP contribution in [0.15, 0.2) is 24.4 Å². The second kappa shape index (κ2) is 2.12. The molecule has 1 aromatic carbocycles. The molecule has 2 aromatic rings. The summed E-state index contributed by atoms with van der Waals surface area (Å²) in [5, 5.41) is 1.30. The first kappa shape index (κ1) is 6.47. The summed E-state index contributed by atoms with van der Waals surface area (Å²) in [6, 6.07) is 6.40. The van der Waals surface area contributed by atoms with Crippen LogP contribution in [0.5, 0.6) is 0 Å². The van der Waals surface area contributed by atoms with Crippen molar-refractivity contribution in [1.82, 2.24) is 4.98 Å². The Kier molecular flexibility index (Phi) is 1.25. The second-order valence-electron chi connectivity index (χ2n) is 2.95. The van der Waals surface area contributed by atoms with Crippen LogP contribution >= 0.6 is 0 Å². The molecule has 0 aliphatic rings. The van der Waals surface area contributed by atoms with Crippen molar-refractivity contribution >= 4 is 10.9 Å². The summed E-state index contributed by atoms with van der Waals surface area (Å²) in [5.41, 5.74) is 3.97. The number of nitrogens with one attached hydrogen (secondary N) is 1. The van der Waals surface area contributed by atoms with Gasteiger partial charge in [0.25, 0.3) is 0 Å². The van der Waals surface area contributed by atoms with Crippen LogP contribution in [0.4, 0.5) is 0 Å². The Morgan fingerprint density at radius 1 is 1.09 bits per heavy atom. The predicted molar refractivity (Wildman–Crippen MR) is 47.8 cm³/mol. The van der Waals surface area contributed by atoms with E-state index in [-0.39, 0.29) is 0 Å². The highest BCUT2D eigenvalue weighted by Gasteiger charge is 1.98. The Bertz CT molecular complexity index is 385. The largest absolute Gasteiger partial charge is 0.361 e. The number of rotatable bonds is 0. The highest BCUT2D eigenvalue weighted by molar-refractivity contribution is 5.83. The number of aryl methyl sites for hydroxylation is 2. The van der Waals surface area contributed by atoms with E-state index in [4.69, 9.17) is 0 Å². The molecule has 0 fully saturated rings. The Hall–Kier alpha value is -1.24. The lowest BCUT2D eigenvalue weighted by molar-refractivity contribution is 1.34. The predicted octanol–water partition coefficient (Wildman–Crippen LogP) is 2.78. The first-order valence-corrected chi connectivity index (χ1v) is 3.82. The third kappa shape index (κ3) is 0.845. The van der Waals surface area contributed by atoms with E-state index >= 15 is 0 Å². The first-order chi connectivity index (χ1) is 5.29. The lowest BCUT2D eigenvalue weighted by atomic mass is 10.1. The molecule has 1 heterocycles. The van der Waals surface area contributed by atoms with Crippen molar-refractivity contribution in [1.29, 1.82) is 0 Å². The van der Waals surface area contributed by atoms with Crippen LogP contribution in [-0.2, 0) is 0 Å². The van der Waals surface area contributed by atoms with Crippen molar-refractivity contribution in [2.45, 2.75) is 13.8 Å². The van der Waals surface area contributed by atoms with Crippen molar-refractivity contribution in [3.8, 4) is 0 Å². The molecule has 56 valence electrons.